The number of hydrogen-bond donors (Lipinski definition) is 1. The Morgan fingerprint density at radius 2 is 1.86 bits per heavy atom. The highest BCUT2D eigenvalue weighted by atomic mass is 32.1. The van der Waals surface area contributed by atoms with Gasteiger partial charge in [0.05, 0.1) is 0 Å². The summed E-state index contributed by atoms with van der Waals surface area (Å²) in [6, 6.07) is 3.25. The van der Waals surface area contributed by atoms with Gasteiger partial charge in [0.1, 0.15) is 0 Å². The van der Waals surface area contributed by atoms with Crippen molar-refractivity contribution < 1.29 is 0 Å². The zero-order valence-corrected chi connectivity index (χ0v) is 14.9. The molecule has 120 valence electrons. The maximum Gasteiger partial charge on any atom is 0.0302 e. The van der Waals surface area contributed by atoms with Gasteiger partial charge in [-0.05, 0) is 57.3 Å². The van der Waals surface area contributed by atoms with Crippen molar-refractivity contribution in [2.45, 2.75) is 78.4 Å². The first kappa shape index (κ1) is 17.0. The smallest absolute Gasteiger partial charge is 0.0302 e. The molecule has 1 N–H and O–H groups in total. The maximum absolute atomic E-state index is 3.63. The molecule has 1 aliphatic carbocycles. The quantitative estimate of drug-likeness (QED) is 0.637. The Morgan fingerprint density at radius 1 is 1.19 bits per heavy atom. The summed E-state index contributed by atoms with van der Waals surface area (Å²) in [7, 11) is 0. The van der Waals surface area contributed by atoms with Gasteiger partial charge in [0.15, 0.2) is 0 Å². The van der Waals surface area contributed by atoms with Crippen molar-refractivity contribution in [2.75, 3.05) is 13.1 Å². The lowest BCUT2D eigenvalue weighted by Gasteiger charge is -2.21. The van der Waals surface area contributed by atoms with Crippen molar-refractivity contribution in [3.63, 3.8) is 0 Å². The minimum Gasteiger partial charge on any atom is -0.309 e. The van der Waals surface area contributed by atoms with E-state index < -0.39 is 0 Å². The van der Waals surface area contributed by atoms with Crippen molar-refractivity contribution in [2.24, 2.45) is 0 Å². The van der Waals surface area contributed by atoms with Crippen molar-refractivity contribution in [1.82, 2.24) is 10.2 Å². The highest BCUT2D eigenvalue weighted by molar-refractivity contribution is 7.12. The number of nitrogens with one attached hydrogen (secondary N) is 1. The summed E-state index contributed by atoms with van der Waals surface area (Å²) in [5, 5.41) is 3.63. The fourth-order valence-electron chi connectivity index (χ4n) is 2.64. The fourth-order valence-corrected chi connectivity index (χ4v) is 3.64. The lowest BCUT2D eigenvalue weighted by Crippen LogP contribution is -2.25. The zero-order valence-electron chi connectivity index (χ0n) is 14.1. The minimum absolute atomic E-state index is 0.807. The summed E-state index contributed by atoms with van der Waals surface area (Å²) in [4.78, 5) is 5.68. The van der Waals surface area contributed by atoms with Crippen LogP contribution in [-0.4, -0.2) is 24.0 Å². The molecule has 21 heavy (non-hydrogen) atoms. The zero-order chi connectivity index (χ0) is 15.1. The van der Waals surface area contributed by atoms with Crippen molar-refractivity contribution in [3.8, 4) is 0 Å². The third-order valence-corrected chi connectivity index (χ3v) is 5.36. The van der Waals surface area contributed by atoms with E-state index in [2.05, 4.69) is 37.1 Å². The maximum atomic E-state index is 3.63. The number of nitrogens with zero attached hydrogens (tertiary/aromatic N) is 1. The van der Waals surface area contributed by atoms with Gasteiger partial charge in [-0.2, -0.15) is 0 Å². The van der Waals surface area contributed by atoms with Crippen LogP contribution in [0.3, 0.4) is 0 Å². The molecule has 0 atom stereocenters. The Bertz CT molecular complexity index is 401. The predicted octanol–water partition coefficient (Wildman–Crippen LogP) is 4.71. The van der Waals surface area contributed by atoms with Gasteiger partial charge in [0, 0.05) is 28.9 Å². The first-order valence-corrected chi connectivity index (χ1v) is 9.58. The van der Waals surface area contributed by atoms with Crippen LogP contribution in [0.1, 0.15) is 67.7 Å². The molecule has 1 aromatic heterocycles. The Morgan fingerprint density at radius 3 is 2.43 bits per heavy atom. The monoisotopic (exact) mass is 308 g/mol. The van der Waals surface area contributed by atoms with Crippen molar-refractivity contribution in [3.05, 3.63) is 21.4 Å². The van der Waals surface area contributed by atoms with Gasteiger partial charge in [-0.25, -0.2) is 0 Å². The van der Waals surface area contributed by atoms with Gasteiger partial charge in [0.25, 0.3) is 0 Å². The molecule has 1 saturated carbocycles. The number of unbranched alkanes of at least 4 members (excludes halogenated alkanes) is 2. The van der Waals surface area contributed by atoms with Crippen molar-refractivity contribution in [1.29, 1.82) is 0 Å². The summed E-state index contributed by atoms with van der Waals surface area (Å²) >= 11 is 1.98. The highest BCUT2D eigenvalue weighted by Crippen LogP contribution is 2.25. The largest absolute Gasteiger partial charge is 0.309 e. The molecule has 2 nitrogen and oxygen atoms in total. The van der Waals surface area contributed by atoms with Gasteiger partial charge >= 0.3 is 0 Å². The molecule has 1 heterocycles. The van der Waals surface area contributed by atoms with Crippen LogP contribution in [0.15, 0.2) is 6.07 Å². The molecule has 0 radical (unpaired) electrons. The van der Waals surface area contributed by atoms with E-state index in [4.69, 9.17) is 0 Å². The van der Waals surface area contributed by atoms with E-state index in [9.17, 15) is 0 Å². The van der Waals surface area contributed by atoms with E-state index in [1.165, 1.54) is 61.4 Å². The molecule has 2 rings (SSSR count). The molecule has 0 spiro atoms. The molecule has 1 fully saturated rings. The summed E-state index contributed by atoms with van der Waals surface area (Å²) in [5.74, 6) is 0. The molecule has 0 aromatic carbocycles. The van der Waals surface area contributed by atoms with Gasteiger partial charge in [-0.1, -0.05) is 26.7 Å². The second-order valence-electron chi connectivity index (χ2n) is 6.43. The lowest BCUT2D eigenvalue weighted by molar-refractivity contribution is 0.257. The van der Waals surface area contributed by atoms with Crippen LogP contribution in [0.2, 0.25) is 0 Å². The summed E-state index contributed by atoms with van der Waals surface area (Å²) < 4.78 is 0. The van der Waals surface area contributed by atoms with E-state index in [1.54, 1.807) is 5.56 Å². The number of rotatable bonds is 11. The van der Waals surface area contributed by atoms with Crippen LogP contribution < -0.4 is 5.32 Å². The molecule has 0 aliphatic heterocycles. The fraction of sp³-hybridized carbons (Fsp3) is 0.778. The number of thiophene rings is 1. The van der Waals surface area contributed by atoms with E-state index in [0.717, 1.165) is 19.1 Å². The van der Waals surface area contributed by atoms with Crippen LogP contribution in [0.5, 0.6) is 0 Å². The third kappa shape index (κ3) is 6.09. The predicted molar refractivity (Wildman–Crippen MR) is 94.0 cm³/mol. The Balaban J connectivity index is 1.87. The molecule has 1 aromatic rings. The number of hydrogen-bond acceptors (Lipinski definition) is 3. The number of aryl methyl sites for hydroxylation is 1. The molecule has 0 bridgehead atoms. The van der Waals surface area contributed by atoms with E-state index in [-0.39, 0.29) is 0 Å². The normalized spacial score (nSPS) is 15.0. The Labute approximate surface area is 134 Å². The minimum atomic E-state index is 0.807. The van der Waals surface area contributed by atoms with Gasteiger partial charge in [0.2, 0.25) is 0 Å². The molecule has 0 amide bonds. The SMILES string of the molecule is CCCCN(CCCC)Cc1cc(CNC2CC2)sc1C. The van der Waals surface area contributed by atoms with Crippen LogP contribution >= 0.6 is 11.3 Å². The van der Waals surface area contributed by atoms with Gasteiger partial charge < -0.3 is 5.32 Å². The summed E-state index contributed by atoms with van der Waals surface area (Å²) in [6.07, 6.45) is 7.98. The Hall–Kier alpha value is -0.380. The molecular weight excluding hydrogens is 276 g/mol. The standard InChI is InChI=1S/C18H32N2S/c1-4-6-10-20(11-7-5-2)14-16-12-18(21-15(16)3)13-19-17-8-9-17/h12,17,19H,4-11,13-14H2,1-3H3. The van der Waals surface area contributed by atoms with E-state index >= 15 is 0 Å². The lowest BCUT2D eigenvalue weighted by atomic mass is 10.2. The first-order valence-electron chi connectivity index (χ1n) is 8.76. The first-order chi connectivity index (χ1) is 10.2. The third-order valence-electron chi connectivity index (χ3n) is 4.26. The van der Waals surface area contributed by atoms with Crippen LogP contribution in [0.4, 0.5) is 0 Å². The topological polar surface area (TPSA) is 15.3 Å². The second-order valence-corrected chi connectivity index (χ2v) is 7.77. The van der Waals surface area contributed by atoms with E-state index in [0.29, 0.717) is 0 Å². The highest BCUT2D eigenvalue weighted by Gasteiger charge is 2.20. The van der Waals surface area contributed by atoms with Gasteiger partial charge in [-0.15, -0.1) is 11.3 Å². The van der Waals surface area contributed by atoms with E-state index in [1.807, 2.05) is 11.3 Å². The summed E-state index contributed by atoms with van der Waals surface area (Å²) in [6.45, 7) is 11.6. The Kier molecular flexibility index (Phi) is 7.21. The second kappa shape index (κ2) is 8.92. The molecule has 3 heteroatoms. The average molecular weight is 309 g/mol. The van der Waals surface area contributed by atoms with Crippen LogP contribution in [-0.2, 0) is 13.1 Å². The molecule has 0 saturated heterocycles. The van der Waals surface area contributed by atoms with Crippen LogP contribution in [0, 0.1) is 6.92 Å². The van der Waals surface area contributed by atoms with Crippen molar-refractivity contribution >= 4 is 11.3 Å². The molecule has 1 aliphatic rings. The molecule has 0 unspecified atom stereocenters. The van der Waals surface area contributed by atoms with Crippen LogP contribution in [0.25, 0.3) is 0 Å². The molecular formula is C18H32N2S. The van der Waals surface area contributed by atoms with Gasteiger partial charge in [-0.3, -0.25) is 4.90 Å². The summed E-state index contributed by atoms with van der Waals surface area (Å²) in [5.41, 5.74) is 1.56. The average Bonchev–Trinajstić information content (AvgIpc) is 3.24.